The molecule has 1 saturated heterocycles. The highest BCUT2D eigenvalue weighted by Crippen LogP contribution is 2.19. The SMILES string of the molecule is CO[C@@H]1O[C@@H](C)[C@@H](O)[C@@H](N)[C@H]1O. The molecule has 1 rings (SSSR count). The zero-order valence-electron chi connectivity index (χ0n) is 7.18. The average molecular weight is 177 g/mol. The summed E-state index contributed by atoms with van der Waals surface area (Å²) < 4.78 is 9.96. The van der Waals surface area contributed by atoms with E-state index < -0.39 is 30.6 Å². The molecule has 1 aliphatic heterocycles. The monoisotopic (exact) mass is 177 g/mol. The van der Waals surface area contributed by atoms with Gasteiger partial charge in [0.2, 0.25) is 0 Å². The molecule has 0 bridgehead atoms. The Bertz CT molecular complexity index is 150. The highest BCUT2D eigenvalue weighted by molar-refractivity contribution is 4.89. The Balaban J connectivity index is 2.63. The van der Waals surface area contributed by atoms with Crippen molar-refractivity contribution in [3.8, 4) is 0 Å². The standard InChI is InChI=1S/C7H15NO4/c1-3-5(9)4(8)6(10)7(11-2)12-3/h3-7,9-10H,8H2,1-2H3/t3-,4+,5+,6+,7+/m0/s1. The van der Waals surface area contributed by atoms with Crippen molar-refractivity contribution in [2.24, 2.45) is 5.73 Å². The van der Waals surface area contributed by atoms with Crippen LogP contribution in [0.15, 0.2) is 0 Å². The number of methoxy groups -OCH3 is 1. The first-order valence-electron chi connectivity index (χ1n) is 3.88. The molecular weight excluding hydrogens is 162 g/mol. The van der Waals surface area contributed by atoms with Crippen LogP contribution in [0.3, 0.4) is 0 Å². The van der Waals surface area contributed by atoms with Crippen LogP contribution < -0.4 is 5.73 Å². The van der Waals surface area contributed by atoms with Crippen molar-refractivity contribution in [2.75, 3.05) is 7.11 Å². The van der Waals surface area contributed by atoms with E-state index >= 15 is 0 Å². The molecule has 1 aliphatic rings. The maximum atomic E-state index is 9.39. The first-order chi connectivity index (χ1) is 5.57. The number of rotatable bonds is 1. The molecule has 5 nitrogen and oxygen atoms in total. The van der Waals surface area contributed by atoms with Crippen LogP contribution in [0.2, 0.25) is 0 Å². The van der Waals surface area contributed by atoms with Crippen LogP contribution in [0.4, 0.5) is 0 Å². The Labute approximate surface area is 71.1 Å². The van der Waals surface area contributed by atoms with Gasteiger partial charge in [-0.3, -0.25) is 0 Å². The minimum Gasteiger partial charge on any atom is -0.389 e. The lowest BCUT2D eigenvalue weighted by atomic mass is 9.98. The van der Waals surface area contributed by atoms with Gasteiger partial charge in [0.05, 0.1) is 18.2 Å². The van der Waals surface area contributed by atoms with Gasteiger partial charge >= 0.3 is 0 Å². The zero-order chi connectivity index (χ0) is 9.30. The molecule has 0 amide bonds. The highest BCUT2D eigenvalue weighted by Gasteiger charge is 2.40. The van der Waals surface area contributed by atoms with E-state index in [2.05, 4.69) is 0 Å². The lowest BCUT2D eigenvalue weighted by Gasteiger charge is -2.39. The molecule has 72 valence electrons. The summed E-state index contributed by atoms with van der Waals surface area (Å²) in [5.41, 5.74) is 5.52. The van der Waals surface area contributed by atoms with E-state index in [0.29, 0.717) is 0 Å². The van der Waals surface area contributed by atoms with E-state index in [1.54, 1.807) is 6.92 Å². The van der Waals surface area contributed by atoms with E-state index in [1.165, 1.54) is 7.11 Å². The van der Waals surface area contributed by atoms with Crippen LogP contribution in [-0.4, -0.2) is 48.0 Å². The average Bonchev–Trinajstić information content (AvgIpc) is 2.08. The van der Waals surface area contributed by atoms with Crippen molar-refractivity contribution in [3.63, 3.8) is 0 Å². The van der Waals surface area contributed by atoms with Crippen molar-refractivity contribution in [1.29, 1.82) is 0 Å². The molecule has 1 fully saturated rings. The van der Waals surface area contributed by atoms with E-state index in [0.717, 1.165) is 0 Å². The van der Waals surface area contributed by atoms with E-state index in [-0.39, 0.29) is 0 Å². The van der Waals surface area contributed by atoms with Gasteiger partial charge in [0, 0.05) is 7.11 Å². The van der Waals surface area contributed by atoms with Gasteiger partial charge in [-0.2, -0.15) is 0 Å². The van der Waals surface area contributed by atoms with E-state index in [1.807, 2.05) is 0 Å². The van der Waals surface area contributed by atoms with Crippen molar-refractivity contribution >= 4 is 0 Å². The third-order valence-corrected chi connectivity index (χ3v) is 2.13. The molecule has 12 heavy (non-hydrogen) atoms. The summed E-state index contributed by atoms with van der Waals surface area (Å²) >= 11 is 0. The van der Waals surface area contributed by atoms with Crippen LogP contribution in [0, 0.1) is 0 Å². The summed E-state index contributed by atoms with van der Waals surface area (Å²) in [4.78, 5) is 0. The van der Waals surface area contributed by atoms with Gasteiger partial charge < -0.3 is 25.4 Å². The summed E-state index contributed by atoms with van der Waals surface area (Å²) in [5, 5.41) is 18.8. The Hall–Kier alpha value is -0.200. The van der Waals surface area contributed by atoms with Gasteiger partial charge in [-0.05, 0) is 6.92 Å². The number of nitrogens with two attached hydrogens (primary N) is 1. The minimum atomic E-state index is -0.971. The van der Waals surface area contributed by atoms with Crippen molar-refractivity contribution in [2.45, 2.75) is 37.6 Å². The second-order valence-corrected chi connectivity index (χ2v) is 3.00. The zero-order valence-corrected chi connectivity index (χ0v) is 7.18. The van der Waals surface area contributed by atoms with Crippen LogP contribution in [0.1, 0.15) is 6.92 Å². The Morgan fingerprint density at radius 2 is 1.92 bits per heavy atom. The summed E-state index contributed by atoms with van der Waals surface area (Å²) in [7, 11) is 1.42. The summed E-state index contributed by atoms with van der Waals surface area (Å²) in [5.74, 6) is 0. The van der Waals surface area contributed by atoms with Crippen LogP contribution in [-0.2, 0) is 9.47 Å². The maximum absolute atomic E-state index is 9.39. The molecule has 0 saturated carbocycles. The Morgan fingerprint density at radius 3 is 2.42 bits per heavy atom. The lowest BCUT2D eigenvalue weighted by molar-refractivity contribution is -0.258. The third kappa shape index (κ3) is 1.60. The lowest BCUT2D eigenvalue weighted by Crippen LogP contribution is -2.60. The summed E-state index contributed by atoms with van der Waals surface area (Å²) in [6.45, 7) is 1.68. The van der Waals surface area contributed by atoms with Gasteiger partial charge in [-0.15, -0.1) is 0 Å². The molecule has 5 atom stereocenters. The quantitative estimate of drug-likeness (QED) is 0.450. The van der Waals surface area contributed by atoms with Gasteiger partial charge in [-0.25, -0.2) is 0 Å². The molecule has 1 heterocycles. The van der Waals surface area contributed by atoms with Gasteiger partial charge in [0.15, 0.2) is 6.29 Å². The number of aliphatic hydroxyl groups excluding tert-OH is 2. The molecule has 0 unspecified atom stereocenters. The molecule has 0 aromatic carbocycles. The molecular formula is C7H15NO4. The fraction of sp³-hybridized carbons (Fsp3) is 1.00. The van der Waals surface area contributed by atoms with E-state index in [4.69, 9.17) is 15.2 Å². The predicted octanol–water partition coefficient (Wildman–Crippen LogP) is -1.57. The molecule has 0 aromatic rings. The number of hydrogen-bond acceptors (Lipinski definition) is 5. The molecule has 4 N–H and O–H groups in total. The largest absolute Gasteiger partial charge is 0.389 e. The third-order valence-electron chi connectivity index (χ3n) is 2.13. The normalized spacial score (nSPS) is 49.2. The maximum Gasteiger partial charge on any atom is 0.185 e. The van der Waals surface area contributed by atoms with Crippen LogP contribution in [0.5, 0.6) is 0 Å². The van der Waals surface area contributed by atoms with Crippen molar-refractivity contribution < 1.29 is 19.7 Å². The minimum absolute atomic E-state index is 0.409. The highest BCUT2D eigenvalue weighted by atomic mass is 16.7. The number of ether oxygens (including phenoxy) is 2. The fourth-order valence-corrected chi connectivity index (χ4v) is 1.26. The second-order valence-electron chi connectivity index (χ2n) is 3.00. The van der Waals surface area contributed by atoms with Gasteiger partial charge in [0.25, 0.3) is 0 Å². The summed E-state index contributed by atoms with van der Waals surface area (Å²) in [6, 6.07) is -0.710. The van der Waals surface area contributed by atoms with Crippen LogP contribution in [0.25, 0.3) is 0 Å². The topological polar surface area (TPSA) is 84.9 Å². The first kappa shape index (κ1) is 9.88. The Morgan fingerprint density at radius 1 is 1.33 bits per heavy atom. The van der Waals surface area contributed by atoms with Gasteiger partial charge in [-0.1, -0.05) is 0 Å². The number of hydrogen-bond donors (Lipinski definition) is 3. The van der Waals surface area contributed by atoms with Gasteiger partial charge in [0.1, 0.15) is 6.10 Å². The van der Waals surface area contributed by atoms with Crippen molar-refractivity contribution in [3.05, 3.63) is 0 Å². The fourth-order valence-electron chi connectivity index (χ4n) is 1.26. The molecule has 0 aliphatic carbocycles. The Kier molecular flexibility index (Phi) is 3.03. The summed E-state index contributed by atoms with van der Waals surface area (Å²) in [6.07, 6.45) is -2.96. The smallest absolute Gasteiger partial charge is 0.185 e. The predicted molar refractivity (Wildman–Crippen MR) is 41.3 cm³/mol. The molecule has 0 aromatic heterocycles. The molecule has 5 heteroatoms. The van der Waals surface area contributed by atoms with Crippen LogP contribution >= 0.6 is 0 Å². The number of aliphatic hydroxyl groups is 2. The molecule has 0 spiro atoms. The second kappa shape index (κ2) is 3.68. The van der Waals surface area contributed by atoms with Crippen molar-refractivity contribution in [1.82, 2.24) is 0 Å². The van der Waals surface area contributed by atoms with E-state index in [9.17, 15) is 10.2 Å². The first-order valence-corrected chi connectivity index (χ1v) is 3.88. The molecule has 0 radical (unpaired) electrons.